The Kier molecular flexibility index (Phi) is 3.64. The van der Waals surface area contributed by atoms with Gasteiger partial charge in [-0.2, -0.15) is 0 Å². The zero-order valence-electron chi connectivity index (χ0n) is 10.9. The summed E-state index contributed by atoms with van der Waals surface area (Å²) in [6.45, 7) is 5.12. The van der Waals surface area contributed by atoms with Gasteiger partial charge in [0.15, 0.2) is 5.79 Å². The molecule has 2 aliphatic rings. The molecule has 0 saturated carbocycles. The maximum absolute atomic E-state index is 5.76. The van der Waals surface area contributed by atoms with Gasteiger partial charge in [0.1, 0.15) is 0 Å². The maximum atomic E-state index is 5.76. The first kappa shape index (κ1) is 12.2. The second-order valence-corrected chi connectivity index (χ2v) is 5.34. The lowest BCUT2D eigenvalue weighted by atomic mass is 10.0. The Morgan fingerprint density at radius 1 is 1.00 bits per heavy atom. The Bertz CT molecular complexity index is 363. The number of benzene rings is 1. The SMILES string of the molecule is c1ccc(CC[NH+]2CCC3(CC2)OCCO3)cc1. The van der Waals surface area contributed by atoms with Gasteiger partial charge in [-0.05, 0) is 5.56 Å². The summed E-state index contributed by atoms with van der Waals surface area (Å²) in [7, 11) is 0. The van der Waals surface area contributed by atoms with E-state index in [9.17, 15) is 0 Å². The average Bonchev–Trinajstić information content (AvgIpc) is 2.88. The van der Waals surface area contributed by atoms with Gasteiger partial charge in [0.25, 0.3) is 0 Å². The molecule has 1 spiro atoms. The van der Waals surface area contributed by atoms with Crippen molar-refractivity contribution in [2.24, 2.45) is 0 Å². The van der Waals surface area contributed by atoms with Crippen molar-refractivity contribution in [3.05, 3.63) is 35.9 Å². The highest BCUT2D eigenvalue weighted by Crippen LogP contribution is 2.27. The molecule has 2 saturated heterocycles. The first-order valence-corrected chi connectivity index (χ1v) is 7.02. The van der Waals surface area contributed by atoms with E-state index >= 15 is 0 Å². The number of likely N-dealkylation sites (tertiary alicyclic amines) is 1. The molecule has 98 valence electrons. The van der Waals surface area contributed by atoms with E-state index in [-0.39, 0.29) is 5.79 Å². The van der Waals surface area contributed by atoms with Gasteiger partial charge in [-0.1, -0.05) is 30.3 Å². The van der Waals surface area contributed by atoms with E-state index in [1.165, 1.54) is 31.6 Å². The highest BCUT2D eigenvalue weighted by atomic mass is 16.7. The fourth-order valence-corrected chi connectivity index (χ4v) is 2.99. The number of nitrogens with one attached hydrogen (secondary N) is 1. The minimum atomic E-state index is -0.212. The minimum Gasteiger partial charge on any atom is -0.347 e. The highest BCUT2D eigenvalue weighted by molar-refractivity contribution is 5.14. The Balaban J connectivity index is 1.46. The third-order valence-electron chi connectivity index (χ3n) is 4.14. The summed E-state index contributed by atoms with van der Waals surface area (Å²) in [5.74, 6) is -0.212. The van der Waals surface area contributed by atoms with Crippen LogP contribution in [0.2, 0.25) is 0 Å². The third-order valence-corrected chi connectivity index (χ3v) is 4.14. The zero-order chi connectivity index (χ0) is 12.3. The van der Waals surface area contributed by atoms with E-state index in [1.807, 2.05) is 0 Å². The number of piperidine rings is 1. The van der Waals surface area contributed by atoms with Crippen LogP contribution in [0.4, 0.5) is 0 Å². The molecule has 1 aromatic carbocycles. The van der Waals surface area contributed by atoms with E-state index in [4.69, 9.17) is 9.47 Å². The number of hydrogen-bond acceptors (Lipinski definition) is 2. The molecule has 0 radical (unpaired) electrons. The normalized spacial score (nSPS) is 23.6. The molecular formula is C15H22NO2+. The van der Waals surface area contributed by atoms with Crippen molar-refractivity contribution in [1.82, 2.24) is 0 Å². The van der Waals surface area contributed by atoms with Crippen molar-refractivity contribution < 1.29 is 14.4 Å². The Hall–Kier alpha value is -0.900. The van der Waals surface area contributed by atoms with E-state index in [0.29, 0.717) is 0 Å². The molecule has 0 aromatic heterocycles. The van der Waals surface area contributed by atoms with E-state index in [0.717, 1.165) is 26.1 Å². The van der Waals surface area contributed by atoms with Gasteiger partial charge < -0.3 is 14.4 Å². The predicted molar refractivity (Wildman–Crippen MR) is 69.6 cm³/mol. The molecule has 0 bridgehead atoms. The van der Waals surface area contributed by atoms with Gasteiger partial charge >= 0.3 is 0 Å². The van der Waals surface area contributed by atoms with Crippen molar-refractivity contribution >= 4 is 0 Å². The Morgan fingerprint density at radius 2 is 1.67 bits per heavy atom. The van der Waals surface area contributed by atoms with Crippen molar-refractivity contribution in [2.45, 2.75) is 25.0 Å². The quantitative estimate of drug-likeness (QED) is 0.849. The van der Waals surface area contributed by atoms with Crippen molar-refractivity contribution in [3.63, 3.8) is 0 Å². The van der Waals surface area contributed by atoms with Crippen LogP contribution in [0.1, 0.15) is 18.4 Å². The highest BCUT2D eigenvalue weighted by Gasteiger charge is 2.41. The molecule has 1 aromatic rings. The summed E-state index contributed by atoms with van der Waals surface area (Å²) in [4.78, 5) is 1.68. The van der Waals surface area contributed by atoms with E-state index in [1.54, 1.807) is 4.90 Å². The van der Waals surface area contributed by atoms with Crippen molar-refractivity contribution in [3.8, 4) is 0 Å². The molecule has 18 heavy (non-hydrogen) atoms. The van der Waals surface area contributed by atoms with Crippen LogP contribution in [0.5, 0.6) is 0 Å². The van der Waals surface area contributed by atoms with Crippen LogP contribution in [0.15, 0.2) is 30.3 Å². The number of hydrogen-bond donors (Lipinski definition) is 1. The molecule has 1 N–H and O–H groups in total. The van der Waals surface area contributed by atoms with Gasteiger partial charge in [0.05, 0.1) is 45.7 Å². The fraction of sp³-hybridized carbons (Fsp3) is 0.600. The summed E-state index contributed by atoms with van der Waals surface area (Å²) in [5, 5.41) is 0. The fourth-order valence-electron chi connectivity index (χ4n) is 2.99. The zero-order valence-corrected chi connectivity index (χ0v) is 10.9. The molecule has 0 atom stereocenters. The number of ether oxygens (including phenoxy) is 2. The topological polar surface area (TPSA) is 22.9 Å². The number of rotatable bonds is 3. The summed E-state index contributed by atoms with van der Waals surface area (Å²) < 4.78 is 11.5. The molecule has 2 heterocycles. The molecule has 0 unspecified atom stereocenters. The average molecular weight is 248 g/mol. The summed E-state index contributed by atoms with van der Waals surface area (Å²) >= 11 is 0. The van der Waals surface area contributed by atoms with Gasteiger partial charge in [-0.3, -0.25) is 0 Å². The van der Waals surface area contributed by atoms with Crippen LogP contribution in [0, 0.1) is 0 Å². The van der Waals surface area contributed by atoms with Crippen LogP contribution in [-0.2, 0) is 15.9 Å². The van der Waals surface area contributed by atoms with Gasteiger partial charge in [0.2, 0.25) is 0 Å². The minimum absolute atomic E-state index is 0.212. The lowest BCUT2D eigenvalue weighted by Crippen LogP contribution is -3.13. The molecule has 3 rings (SSSR count). The van der Waals surface area contributed by atoms with Crippen LogP contribution in [0.3, 0.4) is 0 Å². The molecular weight excluding hydrogens is 226 g/mol. The molecule has 2 fully saturated rings. The van der Waals surface area contributed by atoms with Gasteiger partial charge in [0, 0.05) is 6.42 Å². The molecule has 0 aliphatic carbocycles. The standard InChI is InChI=1S/C15H21NO2/c1-2-4-14(5-3-1)6-9-16-10-7-15(8-11-16)17-12-13-18-15/h1-5H,6-13H2/p+1. The third kappa shape index (κ3) is 2.74. The second kappa shape index (κ2) is 5.39. The summed E-state index contributed by atoms with van der Waals surface area (Å²) in [6.07, 6.45) is 3.28. The number of quaternary nitrogens is 1. The van der Waals surface area contributed by atoms with Crippen LogP contribution in [-0.4, -0.2) is 38.6 Å². The Morgan fingerprint density at radius 3 is 2.33 bits per heavy atom. The Labute approximate surface area is 109 Å². The molecule has 3 nitrogen and oxygen atoms in total. The van der Waals surface area contributed by atoms with Crippen LogP contribution in [0.25, 0.3) is 0 Å². The maximum Gasteiger partial charge on any atom is 0.179 e. The molecule has 3 heteroatoms. The monoisotopic (exact) mass is 248 g/mol. The van der Waals surface area contributed by atoms with Gasteiger partial charge in [-0.25, -0.2) is 0 Å². The smallest absolute Gasteiger partial charge is 0.179 e. The first-order chi connectivity index (χ1) is 8.86. The largest absolute Gasteiger partial charge is 0.347 e. The second-order valence-electron chi connectivity index (χ2n) is 5.34. The molecule has 2 aliphatic heterocycles. The van der Waals surface area contributed by atoms with E-state index in [2.05, 4.69) is 30.3 Å². The summed E-state index contributed by atoms with van der Waals surface area (Å²) in [6, 6.07) is 10.8. The van der Waals surface area contributed by atoms with Crippen LogP contribution < -0.4 is 4.90 Å². The summed E-state index contributed by atoms with van der Waals surface area (Å²) in [5.41, 5.74) is 1.44. The van der Waals surface area contributed by atoms with Crippen molar-refractivity contribution in [2.75, 3.05) is 32.8 Å². The van der Waals surface area contributed by atoms with Crippen molar-refractivity contribution in [1.29, 1.82) is 0 Å². The van der Waals surface area contributed by atoms with Crippen LogP contribution >= 0.6 is 0 Å². The lowest BCUT2D eigenvalue weighted by molar-refractivity contribution is -0.908. The lowest BCUT2D eigenvalue weighted by Gasteiger charge is -2.35. The predicted octanol–water partition coefficient (Wildman–Crippen LogP) is 0.651. The van der Waals surface area contributed by atoms with Gasteiger partial charge in [-0.15, -0.1) is 0 Å². The van der Waals surface area contributed by atoms with E-state index < -0.39 is 0 Å². The molecule has 0 amide bonds. The first-order valence-electron chi connectivity index (χ1n) is 7.02.